The molecule has 30 heavy (non-hydrogen) atoms. The molecule has 160 valence electrons. The van der Waals surface area contributed by atoms with Crippen molar-refractivity contribution in [2.75, 3.05) is 44.3 Å². The monoisotopic (exact) mass is 513 g/mol. The number of ether oxygens (including phenoxy) is 1. The van der Waals surface area contributed by atoms with Gasteiger partial charge in [0.15, 0.2) is 5.13 Å². The van der Waals surface area contributed by atoms with Crippen LogP contribution in [0.15, 0.2) is 46.9 Å². The molecule has 1 aromatic heterocycles. The van der Waals surface area contributed by atoms with Crippen molar-refractivity contribution in [3.63, 3.8) is 0 Å². The Kier molecular flexibility index (Phi) is 8.19. The van der Waals surface area contributed by atoms with Crippen molar-refractivity contribution < 1.29 is 13.9 Å². The summed E-state index contributed by atoms with van der Waals surface area (Å²) in [5, 5.41) is 0.525. The molecule has 1 aliphatic rings. The average Bonchev–Trinajstić information content (AvgIpc) is 3.17. The quantitative estimate of drug-likeness (QED) is 0.465. The van der Waals surface area contributed by atoms with Gasteiger partial charge < -0.3 is 4.74 Å². The van der Waals surface area contributed by atoms with Crippen molar-refractivity contribution in [3.05, 3.63) is 58.3 Å². The molecule has 9 heteroatoms. The van der Waals surface area contributed by atoms with Gasteiger partial charge in [0.1, 0.15) is 11.3 Å². The molecule has 3 aromatic rings. The number of morpholine rings is 1. The van der Waals surface area contributed by atoms with Crippen LogP contribution in [0.3, 0.4) is 0 Å². The summed E-state index contributed by atoms with van der Waals surface area (Å²) in [7, 11) is 0. The Labute approximate surface area is 193 Å². The van der Waals surface area contributed by atoms with Gasteiger partial charge in [-0.25, -0.2) is 9.37 Å². The second-order valence-corrected chi connectivity index (χ2v) is 8.78. The Morgan fingerprint density at radius 1 is 1.23 bits per heavy atom. The normalized spacial score (nSPS) is 14.5. The van der Waals surface area contributed by atoms with Crippen molar-refractivity contribution in [1.29, 1.82) is 0 Å². The molecular formula is C21H22BrClFN3O2S. The zero-order valence-electron chi connectivity index (χ0n) is 16.2. The first kappa shape index (κ1) is 23.1. The van der Waals surface area contributed by atoms with Gasteiger partial charge in [-0.05, 0) is 36.8 Å². The van der Waals surface area contributed by atoms with Crippen LogP contribution in [0.4, 0.5) is 9.52 Å². The van der Waals surface area contributed by atoms with Crippen molar-refractivity contribution in [3.8, 4) is 0 Å². The number of carbonyl (C=O) groups excluding carboxylic acids is 1. The van der Waals surface area contributed by atoms with Gasteiger partial charge in [0, 0.05) is 36.2 Å². The summed E-state index contributed by atoms with van der Waals surface area (Å²) in [4.78, 5) is 21.7. The number of anilines is 1. The minimum Gasteiger partial charge on any atom is -0.379 e. The summed E-state index contributed by atoms with van der Waals surface area (Å²) in [5.74, 6) is -0.499. The number of carbonyl (C=O) groups is 1. The molecule has 2 heterocycles. The Balaban J connectivity index is 0.00000256. The summed E-state index contributed by atoms with van der Waals surface area (Å²) >= 11 is 4.77. The summed E-state index contributed by atoms with van der Waals surface area (Å²) in [6.07, 6.45) is 0.804. The highest BCUT2D eigenvalue weighted by Gasteiger charge is 2.22. The fourth-order valence-electron chi connectivity index (χ4n) is 3.36. The van der Waals surface area contributed by atoms with Crippen molar-refractivity contribution >= 4 is 60.9 Å². The molecule has 0 bridgehead atoms. The second-order valence-electron chi connectivity index (χ2n) is 6.86. The summed E-state index contributed by atoms with van der Waals surface area (Å²) in [6, 6.07) is 12.2. The van der Waals surface area contributed by atoms with Crippen LogP contribution in [0.5, 0.6) is 0 Å². The lowest BCUT2D eigenvalue weighted by Crippen LogP contribution is -2.39. The van der Waals surface area contributed by atoms with Crippen LogP contribution in [0.2, 0.25) is 0 Å². The number of halogens is 3. The van der Waals surface area contributed by atoms with E-state index in [4.69, 9.17) is 4.74 Å². The summed E-state index contributed by atoms with van der Waals surface area (Å²) in [6.45, 7) is 4.71. The van der Waals surface area contributed by atoms with Gasteiger partial charge in [0.25, 0.3) is 5.91 Å². The topological polar surface area (TPSA) is 45.7 Å². The van der Waals surface area contributed by atoms with Crippen LogP contribution in [-0.2, 0) is 4.74 Å². The summed E-state index contributed by atoms with van der Waals surface area (Å²) in [5.41, 5.74) is 0.887. The molecule has 0 spiro atoms. The van der Waals surface area contributed by atoms with Crippen molar-refractivity contribution in [2.45, 2.75) is 6.42 Å². The SMILES string of the molecule is Cl.O=C(c1cccc(Br)c1)N(CCCN1CCOCC1)c1nc2c(F)cccc2s1. The van der Waals surface area contributed by atoms with Crippen LogP contribution in [0, 0.1) is 5.82 Å². The van der Waals surface area contributed by atoms with Gasteiger partial charge in [-0.3, -0.25) is 14.6 Å². The van der Waals surface area contributed by atoms with Gasteiger partial charge in [-0.1, -0.05) is 39.4 Å². The predicted octanol–water partition coefficient (Wildman–Crippen LogP) is 4.99. The van der Waals surface area contributed by atoms with Gasteiger partial charge in [0.2, 0.25) is 0 Å². The molecule has 0 saturated carbocycles. The van der Waals surface area contributed by atoms with Gasteiger partial charge in [-0.15, -0.1) is 12.4 Å². The molecule has 5 nitrogen and oxygen atoms in total. The Morgan fingerprint density at radius 2 is 2.00 bits per heavy atom. The number of benzene rings is 2. The molecule has 1 saturated heterocycles. The molecule has 4 rings (SSSR count). The van der Waals surface area contributed by atoms with E-state index in [0.717, 1.165) is 48.4 Å². The molecule has 1 fully saturated rings. The molecule has 1 amide bonds. The highest BCUT2D eigenvalue weighted by molar-refractivity contribution is 9.10. The number of aromatic nitrogens is 1. The Morgan fingerprint density at radius 3 is 2.73 bits per heavy atom. The van der Waals surface area contributed by atoms with E-state index < -0.39 is 0 Å². The zero-order valence-corrected chi connectivity index (χ0v) is 19.4. The first-order chi connectivity index (χ1) is 14.1. The van der Waals surface area contributed by atoms with Gasteiger partial charge in [0.05, 0.1) is 17.9 Å². The molecule has 1 aliphatic heterocycles. The van der Waals surface area contributed by atoms with E-state index >= 15 is 0 Å². The minimum absolute atomic E-state index is 0. The molecule has 2 aromatic carbocycles. The predicted molar refractivity (Wildman–Crippen MR) is 125 cm³/mol. The third kappa shape index (κ3) is 5.36. The zero-order chi connectivity index (χ0) is 20.2. The first-order valence-electron chi connectivity index (χ1n) is 9.54. The van der Waals surface area contributed by atoms with E-state index in [1.807, 2.05) is 18.2 Å². The number of rotatable bonds is 6. The minimum atomic E-state index is -0.367. The van der Waals surface area contributed by atoms with E-state index in [9.17, 15) is 9.18 Å². The van der Waals surface area contributed by atoms with Crippen LogP contribution >= 0.6 is 39.7 Å². The third-order valence-electron chi connectivity index (χ3n) is 4.87. The van der Waals surface area contributed by atoms with Crippen LogP contribution in [0.25, 0.3) is 10.2 Å². The number of nitrogens with zero attached hydrogens (tertiary/aromatic N) is 3. The van der Waals surface area contributed by atoms with Crippen molar-refractivity contribution in [1.82, 2.24) is 9.88 Å². The molecule has 0 radical (unpaired) electrons. The van der Waals surface area contributed by atoms with Crippen LogP contribution in [-0.4, -0.2) is 55.2 Å². The number of para-hydroxylation sites is 1. The van der Waals surface area contributed by atoms with Crippen LogP contribution < -0.4 is 4.90 Å². The fourth-order valence-corrected chi connectivity index (χ4v) is 4.76. The number of thiazole rings is 1. The average molecular weight is 515 g/mol. The number of fused-ring (bicyclic) bond motifs is 1. The lowest BCUT2D eigenvalue weighted by Gasteiger charge is -2.27. The molecule has 0 atom stereocenters. The lowest BCUT2D eigenvalue weighted by atomic mass is 10.2. The van der Waals surface area contributed by atoms with Gasteiger partial charge in [-0.2, -0.15) is 0 Å². The first-order valence-corrected chi connectivity index (χ1v) is 11.2. The maximum atomic E-state index is 14.2. The Bertz CT molecular complexity index is 1010. The standard InChI is InChI=1S/C21H21BrFN3O2S.ClH/c22-16-5-1-4-15(14-16)20(27)26(9-3-8-25-10-12-28-13-11-25)21-24-19-17(23)6-2-7-18(19)29-21;/h1-2,4-7,14H,3,8-13H2;1H. The van der Waals surface area contributed by atoms with E-state index in [0.29, 0.717) is 22.8 Å². The molecule has 0 unspecified atom stereocenters. The second kappa shape index (κ2) is 10.6. The maximum absolute atomic E-state index is 14.2. The lowest BCUT2D eigenvalue weighted by molar-refractivity contribution is 0.0376. The van der Waals surface area contributed by atoms with E-state index in [-0.39, 0.29) is 24.1 Å². The van der Waals surface area contributed by atoms with E-state index in [2.05, 4.69) is 25.8 Å². The van der Waals surface area contributed by atoms with Gasteiger partial charge >= 0.3 is 0 Å². The Hall–Kier alpha value is -1.58. The summed E-state index contributed by atoms with van der Waals surface area (Å²) < 4.78 is 21.1. The number of amides is 1. The number of hydrogen-bond donors (Lipinski definition) is 0. The highest BCUT2D eigenvalue weighted by Crippen LogP contribution is 2.31. The largest absolute Gasteiger partial charge is 0.379 e. The third-order valence-corrected chi connectivity index (χ3v) is 6.40. The van der Waals surface area contributed by atoms with Crippen LogP contribution in [0.1, 0.15) is 16.8 Å². The fraction of sp³-hybridized carbons (Fsp3) is 0.333. The smallest absolute Gasteiger partial charge is 0.260 e. The molecule has 0 aliphatic carbocycles. The van der Waals surface area contributed by atoms with E-state index in [1.165, 1.54) is 17.4 Å². The molecule has 0 N–H and O–H groups in total. The number of hydrogen-bond acceptors (Lipinski definition) is 5. The molecular weight excluding hydrogens is 493 g/mol. The van der Waals surface area contributed by atoms with Crippen molar-refractivity contribution in [2.24, 2.45) is 0 Å². The van der Waals surface area contributed by atoms with E-state index in [1.54, 1.807) is 23.1 Å². The highest BCUT2D eigenvalue weighted by atomic mass is 79.9. The maximum Gasteiger partial charge on any atom is 0.260 e.